The summed E-state index contributed by atoms with van der Waals surface area (Å²) in [6.45, 7) is 3.49. The van der Waals surface area contributed by atoms with E-state index in [1.807, 2.05) is 48.5 Å². The van der Waals surface area contributed by atoms with E-state index in [2.05, 4.69) is 40.3 Å². The number of carbonyl (C=O) groups is 1. The Labute approximate surface area is 275 Å². The fraction of sp³-hybridized carbons (Fsp3) is 0.162. The number of likely N-dealkylation sites (tertiary alicyclic amines) is 1. The molecule has 238 valence electrons. The van der Waals surface area contributed by atoms with E-state index in [1.165, 1.54) is 25.0 Å². The molecule has 1 fully saturated rings. The second-order valence-electron chi connectivity index (χ2n) is 11.9. The van der Waals surface area contributed by atoms with Crippen molar-refractivity contribution < 1.29 is 13.9 Å². The maximum Gasteiger partial charge on any atom is 0.255 e. The van der Waals surface area contributed by atoms with Crippen LogP contribution in [0.4, 0.5) is 10.1 Å². The van der Waals surface area contributed by atoms with Crippen molar-refractivity contribution in [1.82, 2.24) is 35.0 Å². The number of rotatable bonds is 9. The van der Waals surface area contributed by atoms with Gasteiger partial charge in [-0.05, 0) is 74.5 Å². The zero-order chi connectivity index (χ0) is 32.5. The third kappa shape index (κ3) is 5.98. The number of anilines is 1. The number of ether oxygens (including phenoxy) is 1. The first kappa shape index (κ1) is 29.5. The van der Waals surface area contributed by atoms with E-state index in [0.29, 0.717) is 46.2 Å². The van der Waals surface area contributed by atoms with E-state index in [9.17, 15) is 9.18 Å². The highest BCUT2D eigenvalue weighted by molar-refractivity contribution is 6.04. The largest absolute Gasteiger partial charge is 0.492 e. The van der Waals surface area contributed by atoms with Crippen LogP contribution >= 0.6 is 0 Å². The minimum atomic E-state index is -0.381. The predicted octanol–water partition coefficient (Wildman–Crippen LogP) is 7.10. The van der Waals surface area contributed by atoms with Gasteiger partial charge in [0, 0.05) is 69.7 Å². The molecule has 0 unspecified atom stereocenters. The number of amides is 1. The summed E-state index contributed by atoms with van der Waals surface area (Å²) in [7, 11) is 0. The number of nitrogens with zero attached hydrogens (tertiary/aromatic N) is 5. The van der Waals surface area contributed by atoms with Crippen LogP contribution in [0.2, 0.25) is 0 Å². The van der Waals surface area contributed by atoms with Gasteiger partial charge in [-0.3, -0.25) is 24.8 Å². The molecule has 0 radical (unpaired) electrons. The van der Waals surface area contributed by atoms with Crippen molar-refractivity contribution in [3.8, 4) is 39.5 Å². The predicted molar refractivity (Wildman–Crippen MR) is 183 cm³/mol. The van der Waals surface area contributed by atoms with Crippen molar-refractivity contribution in [3.63, 3.8) is 0 Å². The summed E-state index contributed by atoms with van der Waals surface area (Å²) in [5, 5.41) is 12.2. The Hall–Kier alpha value is -5.94. The number of carbonyl (C=O) groups excluding carboxylic acids is 1. The van der Waals surface area contributed by atoms with Crippen LogP contribution < -0.4 is 10.1 Å². The van der Waals surface area contributed by atoms with Gasteiger partial charge in [-0.15, -0.1) is 0 Å². The van der Waals surface area contributed by atoms with E-state index in [1.54, 1.807) is 36.9 Å². The second-order valence-corrected chi connectivity index (χ2v) is 11.9. The zero-order valence-corrected chi connectivity index (χ0v) is 25.9. The Morgan fingerprint density at radius 2 is 1.73 bits per heavy atom. The molecular formula is C37H31FN8O2. The average Bonchev–Trinajstić information content (AvgIpc) is 3.88. The van der Waals surface area contributed by atoms with E-state index in [4.69, 9.17) is 4.74 Å². The Morgan fingerprint density at radius 3 is 2.60 bits per heavy atom. The second kappa shape index (κ2) is 12.7. The quantitative estimate of drug-likeness (QED) is 0.154. The van der Waals surface area contributed by atoms with Crippen LogP contribution in [0.1, 0.15) is 23.2 Å². The summed E-state index contributed by atoms with van der Waals surface area (Å²) in [4.78, 5) is 32.1. The number of hydrogen-bond acceptors (Lipinski definition) is 7. The SMILES string of the molecule is O=C(Nc1cncc(-c2cnc3[nH]nc(-c4cc5c(-c6cc(F)cc(OCCN7CCCC7)c6)nccc5[nH]4)c3c2)c1)c1ccccc1. The maximum atomic E-state index is 14.8. The van der Waals surface area contributed by atoms with Crippen LogP contribution in [0.15, 0.2) is 97.6 Å². The zero-order valence-electron chi connectivity index (χ0n) is 25.9. The first-order chi connectivity index (χ1) is 23.6. The minimum Gasteiger partial charge on any atom is -0.492 e. The number of fused-ring (bicyclic) bond motifs is 2. The highest BCUT2D eigenvalue weighted by Gasteiger charge is 2.17. The summed E-state index contributed by atoms with van der Waals surface area (Å²) in [5.74, 6) is -0.116. The van der Waals surface area contributed by atoms with Gasteiger partial charge in [-0.1, -0.05) is 18.2 Å². The van der Waals surface area contributed by atoms with Crippen molar-refractivity contribution in [2.75, 3.05) is 31.6 Å². The standard InChI is InChI=1S/C37H31FN8O2/c38-27-14-24(16-29(18-27)48-13-12-46-10-4-5-11-46)34-30-19-33(43-32(30)8-9-40-34)35-31-17-26(21-41-36(31)45-44-35)25-15-28(22-39-20-25)42-37(47)23-6-2-1-3-7-23/h1-3,6-9,14-22,43H,4-5,10-13H2,(H,42,47)(H,41,44,45). The van der Waals surface area contributed by atoms with Gasteiger partial charge in [0.2, 0.25) is 0 Å². The summed E-state index contributed by atoms with van der Waals surface area (Å²) < 4.78 is 20.8. The number of H-pyrrole nitrogens is 2. The molecule has 1 amide bonds. The molecule has 8 rings (SSSR count). The van der Waals surface area contributed by atoms with Gasteiger partial charge in [0.05, 0.1) is 23.3 Å². The Morgan fingerprint density at radius 1 is 0.875 bits per heavy atom. The molecule has 0 aliphatic carbocycles. The van der Waals surface area contributed by atoms with Crippen molar-refractivity contribution in [2.24, 2.45) is 0 Å². The minimum absolute atomic E-state index is 0.215. The van der Waals surface area contributed by atoms with Crippen LogP contribution in [0.5, 0.6) is 5.75 Å². The smallest absolute Gasteiger partial charge is 0.255 e. The average molecular weight is 639 g/mol. The molecule has 1 saturated heterocycles. The Kier molecular flexibility index (Phi) is 7.79. The maximum absolute atomic E-state index is 14.8. The molecule has 48 heavy (non-hydrogen) atoms. The summed E-state index contributed by atoms with van der Waals surface area (Å²) in [6, 6.07) is 21.5. The lowest BCUT2D eigenvalue weighted by atomic mass is 10.1. The number of aromatic nitrogens is 6. The highest BCUT2D eigenvalue weighted by Crippen LogP contribution is 2.35. The molecule has 5 aromatic heterocycles. The number of aromatic amines is 2. The molecule has 0 spiro atoms. The lowest BCUT2D eigenvalue weighted by Crippen LogP contribution is -2.25. The van der Waals surface area contributed by atoms with Crippen LogP contribution in [-0.2, 0) is 0 Å². The lowest BCUT2D eigenvalue weighted by Gasteiger charge is -2.15. The fourth-order valence-electron chi connectivity index (χ4n) is 6.22. The van der Waals surface area contributed by atoms with Crippen molar-refractivity contribution in [1.29, 1.82) is 0 Å². The monoisotopic (exact) mass is 638 g/mol. The molecule has 0 saturated carbocycles. The topological polar surface area (TPSA) is 125 Å². The van der Waals surface area contributed by atoms with Crippen molar-refractivity contribution in [3.05, 3.63) is 109 Å². The molecule has 2 aromatic carbocycles. The summed E-state index contributed by atoms with van der Waals surface area (Å²) >= 11 is 0. The molecule has 0 atom stereocenters. The third-order valence-electron chi connectivity index (χ3n) is 8.60. The number of pyridine rings is 3. The van der Waals surface area contributed by atoms with Crippen LogP contribution in [-0.4, -0.2) is 67.2 Å². The molecule has 11 heteroatoms. The summed E-state index contributed by atoms with van der Waals surface area (Å²) in [5.41, 5.74) is 6.88. The van der Waals surface area contributed by atoms with Gasteiger partial charge in [0.25, 0.3) is 5.91 Å². The number of nitrogens with one attached hydrogen (secondary N) is 3. The molecule has 6 heterocycles. The first-order valence-electron chi connectivity index (χ1n) is 15.9. The molecule has 1 aliphatic heterocycles. The van der Waals surface area contributed by atoms with E-state index in [0.717, 1.165) is 52.7 Å². The normalized spacial score (nSPS) is 13.4. The van der Waals surface area contributed by atoms with E-state index < -0.39 is 0 Å². The van der Waals surface area contributed by atoms with Gasteiger partial charge in [0.1, 0.15) is 23.9 Å². The Balaban J connectivity index is 1.08. The van der Waals surface area contributed by atoms with Gasteiger partial charge >= 0.3 is 0 Å². The molecule has 1 aliphatic rings. The van der Waals surface area contributed by atoms with E-state index in [-0.39, 0.29) is 11.7 Å². The van der Waals surface area contributed by atoms with Gasteiger partial charge in [-0.2, -0.15) is 5.10 Å². The van der Waals surface area contributed by atoms with Gasteiger partial charge in [-0.25, -0.2) is 9.37 Å². The van der Waals surface area contributed by atoms with Gasteiger partial charge < -0.3 is 15.0 Å². The lowest BCUT2D eigenvalue weighted by molar-refractivity contribution is 0.102. The van der Waals surface area contributed by atoms with Crippen molar-refractivity contribution >= 4 is 33.5 Å². The number of halogens is 1. The van der Waals surface area contributed by atoms with Crippen LogP contribution in [0.3, 0.4) is 0 Å². The Bertz CT molecular complexity index is 2260. The molecule has 10 nitrogen and oxygen atoms in total. The molecule has 0 bridgehead atoms. The fourth-order valence-corrected chi connectivity index (χ4v) is 6.22. The molecule has 3 N–H and O–H groups in total. The van der Waals surface area contributed by atoms with Crippen LogP contribution in [0.25, 0.3) is 55.7 Å². The summed E-state index contributed by atoms with van der Waals surface area (Å²) in [6.07, 6.45) is 9.21. The number of hydrogen-bond donors (Lipinski definition) is 3. The number of benzene rings is 2. The third-order valence-corrected chi connectivity index (χ3v) is 8.60. The molecule has 7 aromatic rings. The molecular weight excluding hydrogens is 607 g/mol. The van der Waals surface area contributed by atoms with E-state index >= 15 is 0 Å². The highest BCUT2D eigenvalue weighted by atomic mass is 19.1. The van der Waals surface area contributed by atoms with Gasteiger partial charge in [0.15, 0.2) is 5.65 Å². The van der Waals surface area contributed by atoms with Crippen molar-refractivity contribution in [2.45, 2.75) is 12.8 Å². The first-order valence-corrected chi connectivity index (χ1v) is 15.9. The van der Waals surface area contributed by atoms with Crippen LogP contribution in [0, 0.1) is 5.82 Å².